The van der Waals surface area contributed by atoms with Crippen molar-refractivity contribution in [2.75, 3.05) is 26.2 Å². The van der Waals surface area contributed by atoms with Gasteiger partial charge in [-0.3, -0.25) is 4.90 Å². The molecule has 0 aliphatic carbocycles. The lowest BCUT2D eigenvalue weighted by Crippen LogP contribution is -2.52. The van der Waals surface area contributed by atoms with Crippen LogP contribution in [0.25, 0.3) is 0 Å². The number of fused-ring (bicyclic) bond motifs is 1. The molecule has 0 spiro atoms. The lowest BCUT2D eigenvalue weighted by molar-refractivity contribution is 0.124. The minimum Gasteiger partial charge on any atom is -0.314 e. The van der Waals surface area contributed by atoms with Crippen LogP contribution in [0.5, 0.6) is 0 Å². The molecule has 0 aromatic rings. The van der Waals surface area contributed by atoms with Crippen LogP contribution in [0, 0.1) is 5.92 Å². The maximum Gasteiger partial charge on any atom is 0.0160 e. The van der Waals surface area contributed by atoms with Crippen LogP contribution in [0.3, 0.4) is 0 Å². The fraction of sp³-hybridized carbons (Fsp3) is 0.818. The molecule has 2 unspecified atom stereocenters. The predicted octanol–water partition coefficient (Wildman–Crippen LogP) is 1.25. The van der Waals surface area contributed by atoms with E-state index < -0.39 is 0 Å². The average molecular weight is 180 g/mol. The first-order valence-corrected chi connectivity index (χ1v) is 5.47. The summed E-state index contributed by atoms with van der Waals surface area (Å²) >= 11 is 0. The highest BCUT2D eigenvalue weighted by molar-refractivity contribution is 4.89. The highest BCUT2D eigenvalue weighted by atomic mass is 15.1. The number of piperidine rings is 2. The Labute approximate surface area is 81.0 Å². The van der Waals surface area contributed by atoms with Gasteiger partial charge < -0.3 is 5.32 Å². The monoisotopic (exact) mass is 180 g/mol. The van der Waals surface area contributed by atoms with Crippen LogP contribution in [0.2, 0.25) is 0 Å². The molecular formula is C11H20N2. The van der Waals surface area contributed by atoms with Crippen LogP contribution in [-0.4, -0.2) is 37.1 Å². The lowest BCUT2D eigenvalue weighted by atomic mass is 9.85. The Balaban J connectivity index is 1.87. The van der Waals surface area contributed by atoms with Crippen molar-refractivity contribution in [1.82, 2.24) is 10.2 Å². The van der Waals surface area contributed by atoms with Crippen LogP contribution in [0.4, 0.5) is 0 Å². The van der Waals surface area contributed by atoms with E-state index in [1.54, 1.807) is 0 Å². The molecule has 74 valence electrons. The van der Waals surface area contributed by atoms with Crippen molar-refractivity contribution in [3.63, 3.8) is 0 Å². The van der Waals surface area contributed by atoms with Crippen LogP contribution in [-0.2, 0) is 0 Å². The molecule has 0 amide bonds. The van der Waals surface area contributed by atoms with Gasteiger partial charge in [0.05, 0.1) is 0 Å². The van der Waals surface area contributed by atoms with E-state index >= 15 is 0 Å². The fourth-order valence-corrected chi connectivity index (χ4v) is 2.67. The molecule has 0 bridgehead atoms. The van der Waals surface area contributed by atoms with Gasteiger partial charge in [-0.25, -0.2) is 0 Å². The molecule has 2 saturated heterocycles. The first-order chi connectivity index (χ1) is 6.40. The summed E-state index contributed by atoms with van der Waals surface area (Å²) in [6, 6.07) is 0.815. The van der Waals surface area contributed by atoms with E-state index in [0.29, 0.717) is 0 Å². The molecule has 2 rings (SSSR count). The molecule has 2 aliphatic heterocycles. The summed E-state index contributed by atoms with van der Waals surface area (Å²) in [4.78, 5) is 2.53. The van der Waals surface area contributed by atoms with Crippen molar-refractivity contribution in [3.05, 3.63) is 12.7 Å². The average Bonchev–Trinajstić information content (AvgIpc) is 2.18. The first-order valence-electron chi connectivity index (χ1n) is 5.47. The summed E-state index contributed by atoms with van der Waals surface area (Å²) in [5.74, 6) is 0.905. The number of rotatable bonds is 2. The van der Waals surface area contributed by atoms with Gasteiger partial charge >= 0.3 is 0 Å². The third-order valence-corrected chi connectivity index (χ3v) is 3.36. The Morgan fingerprint density at radius 2 is 2.38 bits per heavy atom. The summed E-state index contributed by atoms with van der Waals surface area (Å²) in [6.07, 6.45) is 6.14. The van der Waals surface area contributed by atoms with Crippen LogP contribution in [0.1, 0.15) is 19.3 Å². The molecule has 0 aromatic heterocycles. The summed E-state index contributed by atoms with van der Waals surface area (Å²) in [5, 5.41) is 3.63. The van der Waals surface area contributed by atoms with Gasteiger partial charge in [-0.2, -0.15) is 0 Å². The largest absolute Gasteiger partial charge is 0.314 e. The van der Waals surface area contributed by atoms with Crippen molar-refractivity contribution >= 4 is 0 Å². The Kier molecular flexibility index (Phi) is 3.01. The molecular weight excluding hydrogens is 160 g/mol. The van der Waals surface area contributed by atoms with Crippen molar-refractivity contribution in [2.24, 2.45) is 5.92 Å². The lowest BCUT2D eigenvalue weighted by Gasteiger charge is -2.41. The second-order valence-electron chi connectivity index (χ2n) is 4.30. The Morgan fingerprint density at radius 3 is 3.23 bits per heavy atom. The summed E-state index contributed by atoms with van der Waals surface area (Å²) < 4.78 is 0. The third kappa shape index (κ3) is 2.12. The zero-order chi connectivity index (χ0) is 9.10. The molecule has 2 atom stereocenters. The Hall–Kier alpha value is -0.340. The molecule has 13 heavy (non-hydrogen) atoms. The highest BCUT2D eigenvalue weighted by Gasteiger charge is 2.29. The summed E-state index contributed by atoms with van der Waals surface area (Å²) in [5.41, 5.74) is 0. The number of nitrogens with one attached hydrogen (secondary N) is 1. The van der Waals surface area contributed by atoms with Gasteiger partial charge in [0.25, 0.3) is 0 Å². The fourth-order valence-electron chi connectivity index (χ4n) is 2.67. The topological polar surface area (TPSA) is 15.3 Å². The first kappa shape index (κ1) is 9.22. The molecule has 2 aliphatic rings. The van der Waals surface area contributed by atoms with Crippen LogP contribution >= 0.6 is 0 Å². The molecule has 0 radical (unpaired) electrons. The summed E-state index contributed by atoms with van der Waals surface area (Å²) in [7, 11) is 0. The molecule has 2 heteroatoms. The zero-order valence-corrected chi connectivity index (χ0v) is 8.34. The Bertz CT molecular complexity index is 179. The van der Waals surface area contributed by atoms with Crippen LogP contribution in [0.15, 0.2) is 12.7 Å². The maximum atomic E-state index is 3.80. The molecule has 2 heterocycles. The Morgan fingerprint density at radius 1 is 1.46 bits per heavy atom. The molecule has 2 nitrogen and oxygen atoms in total. The van der Waals surface area contributed by atoms with E-state index in [0.717, 1.165) is 18.5 Å². The van der Waals surface area contributed by atoms with Gasteiger partial charge in [0.15, 0.2) is 0 Å². The van der Waals surface area contributed by atoms with Crippen molar-refractivity contribution in [1.29, 1.82) is 0 Å². The van der Waals surface area contributed by atoms with Gasteiger partial charge in [0.1, 0.15) is 0 Å². The minimum atomic E-state index is 0.815. The number of likely N-dealkylation sites (tertiary alicyclic amines) is 1. The minimum absolute atomic E-state index is 0.815. The normalized spacial score (nSPS) is 35.4. The van der Waals surface area contributed by atoms with Crippen molar-refractivity contribution in [3.8, 4) is 0 Å². The molecule has 2 fully saturated rings. The number of nitrogens with zero attached hydrogens (tertiary/aromatic N) is 1. The van der Waals surface area contributed by atoms with Gasteiger partial charge in [-0.05, 0) is 38.3 Å². The SMILES string of the molecule is C=CCN1CCC2NCCCC2C1. The second kappa shape index (κ2) is 4.25. The van der Waals surface area contributed by atoms with E-state index in [4.69, 9.17) is 0 Å². The molecule has 0 saturated carbocycles. The number of hydrogen-bond acceptors (Lipinski definition) is 2. The number of hydrogen-bond donors (Lipinski definition) is 1. The van der Waals surface area contributed by atoms with Crippen molar-refractivity contribution < 1.29 is 0 Å². The van der Waals surface area contributed by atoms with Gasteiger partial charge in [0, 0.05) is 19.1 Å². The van der Waals surface area contributed by atoms with Gasteiger partial charge in [0.2, 0.25) is 0 Å². The van der Waals surface area contributed by atoms with Gasteiger partial charge in [-0.15, -0.1) is 6.58 Å². The quantitative estimate of drug-likeness (QED) is 0.643. The van der Waals surface area contributed by atoms with E-state index in [-0.39, 0.29) is 0 Å². The highest BCUT2D eigenvalue weighted by Crippen LogP contribution is 2.24. The molecule has 1 N–H and O–H groups in total. The van der Waals surface area contributed by atoms with Crippen LogP contribution < -0.4 is 5.32 Å². The van der Waals surface area contributed by atoms with E-state index in [2.05, 4.69) is 16.8 Å². The van der Waals surface area contributed by atoms with E-state index in [9.17, 15) is 0 Å². The second-order valence-corrected chi connectivity index (χ2v) is 4.30. The summed E-state index contributed by atoms with van der Waals surface area (Å²) in [6.45, 7) is 8.64. The van der Waals surface area contributed by atoms with Gasteiger partial charge in [-0.1, -0.05) is 6.08 Å². The maximum absolute atomic E-state index is 3.80. The standard InChI is InChI=1S/C11H20N2/c1-2-7-13-8-5-11-10(9-13)4-3-6-12-11/h2,10-12H,1,3-9H2. The molecule has 0 aromatic carbocycles. The predicted molar refractivity (Wildman–Crippen MR) is 55.8 cm³/mol. The zero-order valence-electron chi connectivity index (χ0n) is 8.34. The third-order valence-electron chi connectivity index (χ3n) is 3.36. The smallest absolute Gasteiger partial charge is 0.0160 e. The van der Waals surface area contributed by atoms with Crippen molar-refractivity contribution in [2.45, 2.75) is 25.3 Å². The van der Waals surface area contributed by atoms with E-state index in [1.807, 2.05) is 6.08 Å². The van der Waals surface area contributed by atoms with E-state index in [1.165, 1.54) is 38.9 Å².